The van der Waals surface area contributed by atoms with Gasteiger partial charge in [-0.1, -0.05) is 0 Å². The van der Waals surface area contributed by atoms with E-state index in [0.717, 1.165) is 4.47 Å². The Morgan fingerprint density at radius 3 is 2.61 bits per heavy atom. The summed E-state index contributed by atoms with van der Waals surface area (Å²) < 4.78 is 6.08. The van der Waals surface area contributed by atoms with Gasteiger partial charge in [-0.25, -0.2) is 9.97 Å². The van der Waals surface area contributed by atoms with Crippen LogP contribution < -0.4 is 11.1 Å². The Kier molecular flexibility index (Phi) is 4.13. The first-order valence-corrected chi connectivity index (χ1v) is 6.51. The Morgan fingerprint density at radius 1 is 1.44 bits per heavy atom. The molecule has 18 heavy (non-hydrogen) atoms. The molecule has 0 aliphatic carbocycles. The van der Waals surface area contributed by atoms with Crippen LogP contribution in [0.25, 0.3) is 0 Å². The second-order valence-corrected chi connectivity index (χ2v) is 5.25. The molecule has 0 atom stereocenters. The highest BCUT2D eigenvalue weighted by molar-refractivity contribution is 9.10. The minimum atomic E-state index is -0.561. The molecule has 0 bridgehead atoms. The number of ether oxygens (including phenoxy) is 1. The van der Waals surface area contributed by atoms with Crippen LogP contribution in [0.4, 0.5) is 5.95 Å². The number of nitrogens with zero attached hydrogens (tertiary/aromatic N) is 2. The van der Waals surface area contributed by atoms with Crippen LogP contribution in [0.3, 0.4) is 0 Å². The van der Waals surface area contributed by atoms with Gasteiger partial charge in [0, 0.05) is 32.2 Å². The lowest BCUT2D eigenvalue weighted by molar-refractivity contribution is -0.132. The third-order valence-corrected chi connectivity index (χ3v) is 3.59. The van der Waals surface area contributed by atoms with Crippen molar-refractivity contribution in [2.45, 2.75) is 12.8 Å². The van der Waals surface area contributed by atoms with Gasteiger partial charge in [0.2, 0.25) is 11.9 Å². The van der Waals surface area contributed by atoms with Crippen LogP contribution in [0.1, 0.15) is 12.8 Å². The zero-order valence-electron chi connectivity index (χ0n) is 9.86. The number of rotatable bonds is 4. The first kappa shape index (κ1) is 13.2. The summed E-state index contributed by atoms with van der Waals surface area (Å²) in [6, 6.07) is 0. The Balaban J connectivity index is 2.01. The van der Waals surface area contributed by atoms with Gasteiger partial charge < -0.3 is 15.8 Å². The molecular formula is C11H15BrN4O2. The van der Waals surface area contributed by atoms with Gasteiger partial charge in [0.1, 0.15) is 0 Å². The largest absolute Gasteiger partial charge is 0.381 e. The summed E-state index contributed by atoms with van der Waals surface area (Å²) in [6.45, 7) is 1.56. The SMILES string of the molecule is NC(=O)C1(CNc2ncc(Br)cn2)CCOCC1. The molecule has 1 fully saturated rings. The van der Waals surface area contributed by atoms with E-state index in [2.05, 4.69) is 31.2 Å². The highest BCUT2D eigenvalue weighted by Gasteiger charge is 2.38. The van der Waals surface area contributed by atoms with Gasteiger partial charge in [-0.15, -0.1) is 0 Å². The quantitative estimate of drug-likeness (QED) is 0.863. The highest BCUT2D eigenvalue weighted by atomic mass is 79.9. The number of nitrogens with two attached hydrogens (primary N) is 1. The molecule has 1 amide bonds. The Hall–Kier alpha value is -1.21. The molecule has 1 saturated heterocycles. The van der Waals surface area contributed by atoms with Gasteiger partial charge in [-0.3, -0.25) is 4.79 Å². The smallest absolute Gasteiger partial charge is 0.225 e. The summed E-state index contributed by atoms with van der Waals surface area (Å²) in [5.41, 5.74) is 4.95. The first-order valence-electron chi connectivity index (χ1n) is 5.71. The molecular weight excluding hydrogens is 300 g/mol. The van der Waals surface area contributed by atoms with E-state index in [9.17, 15) is 4.79 Å². The number of hydrogen-bond donors (Lipinski definition) is 2. The molecule has 0 unspecified atom stereocenters. The number of halogens is 1. The zero-order chi connectivity index (χ0) is 13.0. The van der Waals surface area contributed by atoms with Crippen LogP contribution in [0.2, 0.25) is 0 Å². The average Bonchev–Trinajstić information content (AvgIpc) is 2.39. The Labute approximate surface area is 113 Å². The fraction of sp³-hybridized carbons (Fsp3) is 0.545. The van der Waals surface area contributed by atoms with E-state index < -0.39 is 5.41 Å². The van der Waals surface area contributed by atoms with Gasteiger partial charge in [-0.05, 0) is 28.8 Å². The number of carbonyl (C=O) groups is 1. The number of anilines is 1. The van der Waals surface area contributed by atoms with Crippen molar-refractivity contribution >= 4 is 27.8 Å². The molecule has 98 valence electrons. The van der Waals surface area contributed by atoms with Crippen LogP contribution in [-0.2, 0) is 9.53 Å². The molecule has 6 nitrogen and oxygen atoms in total. The van der Waals surface area contributed by atoms with Crippen molar-refractivity contribution in [2.75, 3.05) is 25.1 Å². The van der Waals surface area contributed by atoms with Crippen molar-refractivity contribution < 1.29 is 9.53 Å². The van der Waals surface area contributed by atoms with E-state index in [1.807, 2.05) is 0 Å². The number of primary amides is 1. The molecule has 2 heterocycles. The molecule has 7 heteroatoms. The predicted molar refractivity (Wildman–Crippen MR) is 69.9 cm³/mol. The van der Waals surface area contributed by atoms with Gasteiger partial charge in [0.05, 0.1) is 9.89 Å². The summed E-state index contributed by atoms with van der Waals surface area (Å²) in [5, 5.41) is 3.06. The Morgan fingerprint density at radius 2 is 2.06 bits per heavy atom. The van der Waals surface area contributed by atoms with Crippen molar-refractivity contribution in [3.05, 3.63) is 16.9 Å². The number of aromatic nitrogens is 2. The summed E-state index contributed by atoms with van der Waals surface area (Å²) in [5.74, 6) is 0.195. The van der Waals surface area contributed by atoms with Crippen LogP contribution >= 0.6 is 15.9 Å². The van der Waals surface area contributed by atoms with Crippen LogP contribution in [0, 0.1) is 5.41 Å². The van der Waals surface area contributed by atoms with Gasteiger partial charge in [0.25, 0.3) is 0 Å². The molecule has 1 aromatic heterocycles. The van der Waals surface area contributed by atoms with E-state index >= 15 is 0 Å². The molecule has 0 aromatic carbocycles. The van der Waals surface area contributed by atoms with Crippen LogP contribution in [0.15, 0.2) is 16.9 Å². The summed E-state index contributed by atoms with van der Waals surface area (Å²) in [4.78, 5) is 19.8. The summed E-state index contributed by atoms with van der Waals surface area (Å²) in [7, 11) is 0. The topological polar surface area (TPSA) is 90.1 Å². The lowest BCUT2D eigenvalue weighted by Gasteiger charge is -2.34. The van der Waals surface area contributed by atoms with Crippen molar-refractivity contribution in [1.29, 1.82) is 0 Å². The minimum absolute atomic E-state index is 0.296. The van der Waals surface area contributed by atoms with E-state index in [4.69, 9.17) is 10.5 Å². The maximum atomic E-state index is 11.6. The van der Waals surface area contributed by atoms with E-state index in [0.29, 0.717) is 38.5 Å². The lowest BCUT2D eigenvalue weighted by atomic mass is 9.79. The molecule has 0 spiro atoms. The molecule has 0 radical (unpaired) electrons. The van der Waals surface area contributed by atoms with E-state index in [1.165, 1.54) is 0 Å². The number of hydrogen-bond acceptors (Lipinski definition) is 5. The van der Waals surface area contributed by atoms with Gasteiger partial charge in [0.15, 0.2) is 0 Å². The van der Waals surface area contributed by atoms with Crippen molar-refractivity contribution in [3.63, 3.8) is 0 Å². The fourth-order valence-electron chi connectivity index (χ4n) is 1.92. The van der Waals surface area contributed by atoms with Crippen LogP contribution in [0.5, 0.6) is 0 Å². The standard InChI is InChI=1S/C11H15BrN4O2/c12-8-5-14-10(15-6-8)16-7-11(9(13)17)1-3-18-4-2-11/h5-6H,1-4,7H2,(H2,13,17)(H,14,15,16). The number of amides is 1. The summed E-state index contributed by atoms with van der Waals surface area (Å²) in [6.07, 6.45) is 4.56. The van der Waals surface area contributed by atoms with Crippen molar-refractivity contribution in [1.82, 2.24) is 9.97 Å². The van der Waals surface area contributed by atoms with Gasteiger partial charge >= 0.3 is 0 Å². The van der Waals surface area contributed by atoms with Crippen molar-refractivity contribution in [3.8, 4) is 0 Å². The predicted octanol–water partition coefficient (Wildman–Crippen LogP) is 0.933. The maximum Gasteiger partial charge on any atom is 0.225 e. The zero-order valence-corrected chi connectivity index (χ0v) is 11.4. The minimum Gasteiger partial charge on any atom is -0.381 e. The first-order chi connectivity index (χ1) is 8.62. The number of carbonyl (C=O) groups excluding carboxylic acids is 1. The normalized spacial score (nSPS) is 18.3. The third-order valence-electron chi connectivity index (χ3n) is 3.18. The molecule has 2 rings (SSSR count). The fourth-order valence-corrected chi connectivity index (χ4v) is 2.13. The average molecular weight is 315 g/mol. The summed E-state index contributed by atoms with van der Waals surface area (Å²) >= 11 is 3.26. The Bertz CT molecular complexity index is 418. The molecule has 1 aromatic rings. The second-order valence-electron chi connectivity index (χ2n) is 4.34. The number of nitrogens with one attached hydrogen (secondary N) is 1. The second kappa shape index (κ2) is 5.62. The van der Waals surface area contributed by atoms with Crippen molar-refractivity contribution in [2.24, 2.45) is 11.1 Å². The molecule has 3 N–H and O–H groups in total. The van der Waals surface area contributed by atoms with E-state index in [1.54, 1.807) is 12.4 Å². The highest BCUT2D eigenvalue weighted by Crippen LogP contribution is 2.30. The van der Waals surface area contributed by atoms with Crippen LogP contribution in [-0.4, -0.2) is 35.6 Å². The molecule has 1 aliphatic rings. The maximum absolute atomic E-state index is 11.6. The van der Waals surface area contributed by atoms with E-state index in [-0.39, 0.29) is 5.91 Å². The molecule has 0 saturated carbocycles. The van der Waals surface area contributed by atoms with Gasteiger partial charge in [-0.2, -0.15) is 0 Å². The molecule has 1 aliphatic heterocycles. The third kappa shape index (κ3) is 2.97. The monoisotopic (exact) mass is 314 g/mol. The lowest BCUT2D eigenvalue weighted by Crippen LogP contribution is -2.46.